The van der Waals surface area contributed by atoms with Crippen molar-refractivity contribution in [2.75, 3.05) is 6.61 Å². The van der Waals surface area contributed by atoms with E-state index in [0.29, 0.717) is 12.3 Å². The Morgan fingerprint density at radius 3 is 2.95 bits per heavy atom. The summed E-state index contributed by atoms with van der Waals surface area (Å²) in [6, 6.07) is 9.63. The van der Waals surface area contributed by atoms with Gasteiger partial charge in [-0.3, -0.25) is 4.98 Å². The second kappa shape index (κ2) is 5.71. The molecule has 0 aliphatic heterocycles. The molecule has 2 heterocycles. The lowest BCUT2D eigenvalue weighted by Crippen LogP contribution is -2.23. The molecule has 102 valence electrons. The van der Waals surface area contributed by atoms with Crippen LogP contribution in [0.4, 0.5) is 0 Å². The normalized spacial score (nSPS) is 12.4. The van der Waals surface area contributed by atoms with E-state index in [-0.39, 0.29) is 6.61 Å². The Morgan fingerprint density at radius 1 is 1.20 bits per heavy atom. The number of aliphatic hydroxyl groups is 1. The van der Waals surface area contributed by atoms with Crippen molar-refractivity contribution in [3.05, 3.63) is 55.2 Å². The summed E-state index contributed by atoms with van der Waals surface area (Å²) in [5.41, 5.74) is 0.810. The van der Waals surface area contributed by atoms with Crippen LogP contribution in [-0.2, 0) is 6.54 Å². The first-order valence-electron chi connectivity index (χ1n) is 6.43. The third-order valence-corrected chi connectivity index (χ3v) is 3.01. The van der Waals surface area contributed by atoms with Gasteiger partial charge in [0.15, 0.2) is 0 Å². The fourth-order valence-electron chi connectivity index (χ4n) is 2.07. The minimum Gasteiger partial charge on any atom is -0.489 e. The Morgan fingerprint density at radius 2 is 2.10 bits per heavy atom. The summed E-state index contributed by atoms with van der Waals surface area (Å²) in [5.74, 6) is 0.688. The first-order valence-corrected chi connectivity index (χ1v) is 6.43. The highest BCUT2D eigenvalue weighted by Crippen LogP contribution is 2.22. The van der Waals surface area contributed by atoms with Crippen molar-refractivity contribution in [3.8, 4) is 5.75 Å². The largest absolute Gasteiger partial charge is 0.489 e. The van der Waals surface area contributed by atoms with Crippen LogP contribution in [0.5, 0.6) is 5.75 Å². The van der Waals surface area contributed by atoms with Gasteiger partial charge in [0, 0.05) is 24.0 Å². The summed E-state index contributed by atoms with van der Waals surface area (Å²) in [6.45, 7) is 0.673. The average Bonchev–Trinajstić information content (AvgIpc) is 2.98. The topological polar surface area (TPSA) is 60.2 Å². The monoisotopic (exact) mass is 269 g/mol. The molecule has 3 aromatic rings. The molecule has 0 aliphatic rings. The van der Waals surface area contributed by atoms with Crippen molar-refractivity contribution in [1.82, 2.24) is 14.5 Å². The van der Waals surface area contributed by atoms with Crippen molar-refractivity contribution in [3.63, 3.8) is 0 Å². The lowest BCUT2D eigenvalue weighted by Gasteiger charge is -2.13. The molecular weight excluding hydrogens is 254 g/mol. The van der Waals surface area contributed by atoms with Crippen molar-refractivity contribution >= 4 is 10.9 Å². The number of ether oxygens (including phenoxy) is 1. The summed E-state index contributed by atoms with van der Waals surface area (Å²) < 4.78 is 7.50. The van der Waals surface area contributed by atoms with E-state index in [4.69, 9.17) is 4.74 Å². The van der Waals surface area contributed by atoms with Crippen LogP contribution in [0.3, 0.4) is 0 Å². The molecule has 0 bridgehead atoms. The number of aromatic nitrogens is 3. The summed E-state index contributed by atoms with van der Waals surface area (Å²) in [5, 5.41) is 11.0. The molecule has 5 heteroatoms. The Kier molecular flexibility index (Phi) is 3.60. The molecule has 0 saturated carbocycles. The number of hydrogen-bond donors (Lipinski definition) is 1. The Bertz CT molecular complexity index is 677. The number of nitrogens with zero attached hydrogens (tertiary/aromatic N) is 3. The quantitative estimate of drug-likeness (QED) is 0.768. The van der Waals surface area contributed by atoms with Crippen molar-refractivity contribution in [2.24, 2.45) is 0 Å². The minimum absolute atomic E-state index is 0.216. The van der Waals surface area contributed by atoms with Crippen LogP contribution >= 0.6 is 0 Å². The second-order valence-electron chi connectivity index (χ2n) is 4.56. The maximum absolute atomic E-state index is 9.96. The summed E-state index contributed by atoms with van der Waals surface area (Å²) in [4.78, 5) is 8.25. The molecular formula is C15H15N3O2. The number of para-hydroxylation sites is 1. The van der Waals surface area contributed by atoms with Gasteiger partial charge in [-0.15, -0.1) is 0 Å². The van der Waals surface area contributed by atoms with Crippen LogP contribution in [0.25, 0.3) is 10.9 Å². The molecule has 2 aromatic heterocycles. The predicted molar refractivity (Wildman–Crippen MR) is 75.5 cm³/mol. The number of pyridine rings is 1. The highest BCUT2D eigenvalue weighted by atomic mass is 16.5. The summed E-state index contributed by atoms with van der Waals surface area (Å²) in [7, 11) is 0. The van der Waals surface area contributed by atoms with Crippen molar-refractivity contribution < 1.29 is 9.84 Å². The maximum atomic E-state index is 9.96. The molecule has 0 saturated heterocycles. The first-order chi connectivity index (χ1) is 9.83. The lowest BCUT2D eigenvalue weighted by atomic mass is 10.2. The van der Waals surface area contributed by atoms with Crippen LogP contribution in [0, 0.1) is 0 Å². The van der Waals surface area contributed by atoms with Gasteiger partial charge >= 0.3 is 0 Å². The molecule has 0 radical (unpaired) electrons. The zero-order chi connectivity index (χ0) is 13.8. The third kappa shape index (κ3) is 2.78. The smallest absolute Gasteiger partial charge is 0.145 e. The van der Waals surface area contributed by atoms with Gasteiger partial charge in [-0.25, -0.2) is 4.98 Å². The molecule has 1 unspecified atom stereocenters. The second-order valence-corrected chi connectivity index (χ2v) is 4.56. The zero-order valence-corrected chi connectivity index (χ0v) is 10.9. The van der Waals surface area contributed by atoms with Crippen molar-refractivity contribution in [2.45, 2.75) is 12.6 Å². The Hall–Kier alpha value is -2.40. The third-order valence-electron chi connectivity index (χ3n) is 3.01. The molecule has 0 aliphatic carbocycles. The van der Waals surface area contributed by atoms with Crippen LogP contribution in [0.1, 0.15) is 0 Å². The number of fused-ring (bicyclic) bond motifs is 1. The molecule has 0 fully saturated rings. The number of imidazole rings is 1. The molecule has 20 heavy (non-hydrogen) atoms. The fourth-order valence-corrected chi connectivity index (χ4v) is 2.07. The number of benzene rings is 1. The van der Waals surface area contributed by atoms with E-state index in [0.717, 1.165) is 10.9 Å². The summed E-state index contributed by atoms with van der Waals surface area (Å²) >= 11 is 0. The molecule has 5 nitrogen and oxygen atoms in total. The average molecular weight is 269 g/mol. The lowest BCUT2D eigenvalue weighted by molar-refractivity contribution is 0.0931. The van der Waals surface area contributed by atoms with E-state index in [1.807, 2.05) is 41.1 Å². The molecule has 1 N–H and O–H groups in total. The first kappa shape index (κ1) is 12.6. The van der Waals surface area contributed by atoms with E-state index in [9.17, 15) is 5.11 Å². The van der Waals surface area contributed by atoms with E-state index in [2.05, 4.69) is 9.97 Å². The van der Waals surface area contributed by atoms with Gasteiger partial charge in [0.1, 0.15) is 24.0 Å². The van der Waals surface area contributed by atoms with Gasteiger partial charge in [-0.1, -0.05) is 18.2 Å². The highest BCUT2D eigenvalue weighted by Gasteiger charge is 2.08. The van der Waals surface area contributed by atoms with Crippen LogP contribution in [-0.4, -0.2) is 32.4 Å². The number of rotatable bonds is 5. The maximum Gasteiger partial charge on any atom is 0.145 e. The molecule has 1 aromatic carbocycles. The van der Waals surface area contributed by atoms with Gasteiger partial charge in [0.25, 0.3) is 0 Å². The van der Waals surface area contributed by atoms with Gasteiger partial charge in [-0.05, 0) is 12.1 Å². The van der Waals surface area contributed by atoms with E-state index < -0.39 is 6.10 Å². The van der Waals surface area contributed by atoms with Gasteiger partial charge in [-0.2, -0.15) is 0 Å². The van der Waals surface area contributed by atoms with Gasteiger partial charge in [0.2, 0.25) is 0 Å². The Labute approximate surface area is 116 Å². The molecule has 0 spiro atoms. The van der Waals surface area contributed by atoms with Crippen LogP contribution < -0.4 is 4.74 Å². The van der Waals surface area contributed by atoms with Crippen LogP contribution in [0.15, 0.2) is 55.2 Å². The SMILES string of the molecule is OC(COc1cccc2cccnc12)Cn1ccnc1. The molecule has 0 amide bonds. The van der Waals surface area contributed by atoms with E-state index >= 15 is 0 Å². The fraction of sp³-hybridized carbons (Fsp3) is 0.200. The van der Waals surface area contributed by atoms with Crippen molar-refractivity contribution in [1.29, 1.82) is 0 Å². The van der Waals surface area contributed by atoms with E-state index in [1.54, 1.807) is 18.7 Å². The highest BCUT2D eigenvalue weighted by molar-refractivity contribution is 5.84. The van der Waals surface area contributed by atoms with Gasteiger partial charge < -0.3 is 14.4 Å². The number of hydrogen-bond acceptors (Lipinski definition) is 4. The molecule has 1 atom stereocenters. The summed E-state index contributed by atoms with van der Waals surface area (Å²) in [6.07, 6.45) is 6.30. The Balaban J connectivity index is 1.67. The predicted octanol–water partition coefficient (Wildman–Crippen LogP) is 1.87. The van der Waals surface area contributed by atoms with E-state index in [1.165, 1.54) is 0 Å². The number of aliphatic hydroxyl groups excluding tert-OH is 1. The zero-order valence-electron chi connectivity index (χ0n) is 10.9. The molecule has 3 rings (SSSR count). The van der Waals surface area contributed by atoms with Gasteiger partial charge in [0.05, 0.1) is 12.9 Å². The van der Waals surface area contributed by atoms with Crippen LogP contribution in [0.2, 0.25) is 0 Å². The standard InChI is InChI=1S/C15H15N3O2/c19-13(9-18-8-7-16-11-18)10-20-14-5-1-3-12-4-2-6-17-15(12)14/h1-8,11,13,19H,9-10H2. The minimum atomic E-state index is -0.594.